The topological polar surface area (TPSA) is 50.2 Å². The lowest BCUT2D eigenvalue weighted by molar-refractivity contribution is 1.12. The third kappa shape index (κ3) is 0.869. The first kappa shape index (κ1) is 6.27. The van der Waals surface area contributed by atoms with Crippen molar-refractivity contribution in [1.82, 2.24) is 9.97 Å². The van der Waals surface area contributed by atoms with Crippen LogP contribution in [0.25, 0.3) is 0 Å². The number of rotatable bonds is 1. The van der Waals surface area contributed by atoms with Crippen LogP contribution in [-0.4, -0.2) is 23.2 Å². The van der Waals surface area contributed by atoms with Gasteiger partial charge in [0.1, 0.15) is 12.1 Å². The van der Waals surface area contributed by atoms with E-state index in [1.54, 1.807) is 0 Å². The van der Waals surface area contributed by atoms with E-state index < -0.39 is 0 Å². The first-order valence-electron chi connectivity index (χ1n) is 3.46. The van der Waals surface area contributed by atoms with Crippen molar-refractivity contribution in [1.29, 1.82) is 0 Å². The Balaban J connectivity index is 2.55. The number of aromatic nitrogens is 2. The molecule has 0 saturated carbocycles. The summed E-state index contributed by atoms with van der Waals surface area (Å²) in [6.07, 6.45) is 4.21. The van der Waals surface area contributed by atoms with Gasteiger partial charge >= 0.3 is 0 Å². The van der Waals surface area contributed by atoms with Crippen molar-refractivity contribution < 1.29 is 0 Å². The van der Waals surface area contributed by atoms with Crippen molar-refractivity contribution in [2.75, 3.05) is 12.4 Å². The molecule has 0 aromatic carbocycles. The van der Waals surface area contributed by atoms with Gasteiger partial charge in [0.2, 0.25) is 0 Å². The molecule has 1 aromatic heterocycles. The number of anilines is 1. The van der Waals surface area contributed by atoms with Gasteiger partial charge in [0.15, 0.2) is 5.82 Å². The molecule has 4 heteroatoms. The third-order valence-electron chi connectivity index (χ3n) is 1.67. The van der Waals surface area contributed by atoms with Crippen LogP contribution in [0.5, 0.6) is 0 Å². The Hall–Kier alpha value is -1.45. The summed E-state index contributed by atoms with van der Waals surface area (Å²) < 4.78 is 0. The van der Waals surface area contributed by atoms with Crippen molar-refractivity contribution in [2.24, 2.45) is 4.99 Å². The lowest BCUT2D eigenvalue weighted by Crippen LogP contribution is -1.97. The smallest absolute Gasteiger partial charge is 0.160 e. The van der Waals surface area contributed by atoms with E-state index in [-0.39, 0.29) is 0 Å². The molecular weight excluding hydrogens is 140 g/mol. The van der Waals surface area contributed by atoms with Crippen LogP contribution in [0.3, 0.4) is 0 Å². The Kier molecular flexibility index (Phi) is 1.31. The minimum Gasteiger partial charge on any atom is -0.373 e. The van der Waals surface area contributed by atoms with Gasteiger partial charge < -0.3 is 5.32 Å². The molecule has 56 valence electrons. The molecule has 1 aliphatic heterocycles. The maximum Gasteiger partial charge on any atom is 0.160 e. The van der Waals surface area contributed by atoms with Crippen molar-refractivity contribution in [3.8, 4) is 0 Å². The second kappa shape index (κ2) is 2.30. The summed E-state index contributed by atoms with van der Waals surface area (Å²) in [5, 5.41) is 3.00. The second-order valence-corrected chi connectivity index (χ2v) is 2.29. The Morgan fingerprint density at radius 3 is 3.18 bits per heavy atom. The molecule has 0 amide bonds. The van der Waals surface area contributed by atoms with E-state index in [0.717, 1.165) is 23.6 Å². The Morgan fingerprint density at radius 2 is 2.36 bits per heavy atom. The fourth-order valence-corrected chi connectivity index (χ4v) is 1.14. The highest BCUT2D eigenvalue weighted by molar-refractivity contribution is 5.77. The number of aliphatic imine (C=N–C) groups is 1. The molecule has 11 heavy (non-hydrogen) atoms. The van der Waals surface area contributed by atoms with Crippen molar-refractivity contribution in [3.63, 3.8) is 0 Å². The summed E-state index contributed by atoms with van der Waals surface area (Å²) in [4.78, 5) is 12.2. The summed E-state index contributed by atoms with van der Waals surface area (Å²) in [5.74, 6) is 1.68. The van der Waals surface area contributed by atoms with Gasteiger partial charge in [-0.2, -0.15) is 0 Å². The standard InChI is InChI=1S/C7H8N4/c1-8-6-5-2-3-9-7(5)11-4-10-6/h3-4H,2H2,1H3,(H,8,10,11). The van der Waals surface area contributed by atoms with Gasteiger partial charge in [0, 0.05) is 25.2 Å². The number of fused-ring (bicyclic) bond motifs is 1. The predicted octanol–water partition coefficient (Wildman–Crippen LogP) is 0.777. The van der Waals surface area contributed by atoms with Crippen LogP contribution in [0.1, 0.15) is 5.56 Å². The summed E-state index contributed by atoms with van der Waals surface area (Å²) in [7, 11) is 1.85. The van der Waals surface area contributed by atoms with E-state index in [0.29, 0.717) is 0 Å². The van der Waals surface area contributed by atoms with Gasteiger partial charge in [-0.1, -0.05) is 0 Å². The molecule has 2 rings (SSSR count). The predicted molar refractivity (Wildman–Crippen MR) is 43.4 cm³/mol. The summed E-state index contributed by atoms with van der Waals surface area (Å²) in [5.41, 5.74) is 1.09. The van der Waals surface area contributed by atoms with E-state index >= 15 is 0 Å². The first-order valence-corrected chi connectivity index (χ1v) is 3.46. The van der Waals surface area contributed by atoms with Gasteiger partial charge in [0.05, 0.1) is 0 Å². The van der Waals surface area contributed by atoms with E-state index in [1.807, 2.05) is 13.3 Å². The Morgan fingerprint density at radius 1 is 1.45 bits per heavy atom. The number of nitrogens with one attached hydrogen (secondary N) is 1. The zero-order chi connectivity index (χ0) is 7.68. The first-order chi connectivity index (χ1) is 5.42. The van der Waals surface area contributed by atoms with E-state index in [4.69, 9.17) is 0 Å². The van der Waals surface area contributed by atoms with Crippen molar-refractivity contribution in [3.05, 3.63) is 11.9 Å². The van der Waals surface area contributed by atoms with Gasteiger partial charge in [-0.3, -0.25) is 0 Å². The van der Waals surface area contributed by atoms with E-state index in [2.05, 4.69) is 20.3 Å². The fourth-order valence-electron chi connectivity index (χ4n) is 1.14. The molecule has 0 aliphatic carbocycles. The van der Waals surface area contributed by atoms with Gasteiger partial charge in [-0.25, -0.2) is 15.0 Å². The lowest BCUT2D eigenvalue weighted by atomic mass is 10.2. The van der Waals surface area contributed by atoms with Gasteiger partial charge in [0.25, 0.3) is 0 Å². The average Bonchev–Trinajstić information content (AvgIpc) is 2.50. The Bertz CT molecular complexity index is 305. The monoisotopic (exact) mass is 148 g/mol. The molecular formula is C7H8N4. The molecule has 0 saturated heterocycles. The van der Waals surface area contributed by atoms with Crippen LogP contribution in [-0.2, 0) is 6.42 Å². The van der Waals surface area contributed by atoms with E-state index in [9.17, 15) is 0 Å². The minimum atomic E-state index is 0.796. The molecule has 4 nitrogen and oxygen atoms in total. The molecule has 1 N–H and O–H groups in total. The Labute approximate surface area is 64.4 Å². The number of hydrogen-bond donors (Lipinski definition) is 1. The van der Waals surface area contributed by atoms with Crippen LogP contribution >= 0.6 is 0 Å². The summed E-state index contributed by atoms with van der Waals surface area (Å²) in [6.45, 7) is 0. The number of hydrogen-bond acceptors (Lipinski definition) is 4. The molecule has 2 heterocycles. The number of nitrogens with zero attached hydrogens (tertiary/aromatic N) is 3. The maximum atomic E-state index is 4.09. The van der Waals surface area contributed by atoms with Crippen LogP contribution in [0.2, 0.25) is 0 Å². The van der Waals surface area contributed by atoms with Gasteiger partial charge in [-0.15, -0.1) is 0 Å². The minimum absolute atomic E-state index is 0.796. The highest BCUT2D eigenvalue weighted by atomic mass is 15.0. The van der Waals surface area contributed by atoms with Crippen LogP contribution in [0.15, 0.2) is 11.3 Å². The molecule has 0 atom stereocenters. The summed E-state index contributed by atoms with van der Waals surface area (Å²) in [6, 6.07) is 0. The molecule has 0 fully saturated rings. The highest BCUT2D eigenvalue weighted by Gasteiger charge is 2.11. The van der Waals surface area contributed by atoms with Crippen molar-refractivity contribution in [2.45, 2.75) is 6.42 Å². The highest BCUT2D eigenvalue weighted by Crippen LogP contribution is 2.25. The van der Waals surface area contributed by atoms with Crippen LogP contribution in [0.4, 0.5) is 11.6 Å². The average molecular weight is 148 g/mol. The molecule has 0 bridgehead atoms. The van der Waals surface area contributed by atoms with Gasteiger partial charge in [-0.05, 0) is 0 Å². The molecule has 1 aromatic rings. The second-order valence-electron chi connectivity index (χ2n) is 2.29. The zero-order valence-corrected chi connectivity index (χ0v) is 6.20. The quantitative estimate of drug-likeness (QED) is 0.640. The SMILES string of the molecule is CNc1ncnc2c1CC=N2. The molecule has 1 aliphatic rings. The normalized spacial score (nSPS) is 13.2. The summed E-state index contributed by atoms with van der Waals surface area (Å²) >= 11 is 0. The van der Waals surface area contributed by atoms with Crippen LogP contribution in [0, 0.1) is 0 Å². The van der Waals surface area contributed by atoms with Crippen molar-refractivity contribution >= 4 is 17.9 Å². The molecule has 0 spiro atoms. The van der Waals surface area contributed by atoms with E-state index in [1.165, 1.54) is 6.33 Å². The molecule has 0 unspecified atom stereocenters. The van der Waals surface area contributed by atoms with Crippen LogP contribution < -0.4 is 5.32 Å². The largest absolute Gasteiger partial charge is 0.373 e. The third-order valence-corrected chi connectivity index (χ3v) is 1.67. The lowest BCUT2D eigenvalue weighted by Gasteiger charge is -2.02. The maximum absolute atomic E-state index is 4.09. The fraction of sp³-hybridized carbons (Fsp3) is 0.286. The zero-order valence-electron chi connectivity index (χ0n) is 6.20. The molecule has 0 radical (unpaired) electrons.